The van der Waals surface area contributed by atoms with E-state index in [9.17, 15) is 4.79 Å². The SMILES string of the molecule is COC(=O)c1sc(C2=CCC(C)(C)CC2)cc1N(C(=O)[C@H]1CC[C@H](C)CC1)C(CO[Si](C(C)C)(C(C)C)C(C)C)CO[Si](C(C)C)(C(C)C)C(C)C. The number of amides is 1. The summed E-state index contributed by atoms with van der Waals surface area (Å²) in [6.45, 7) is 35.5. The minimum absolute atomic E-state index is 0.105. The van der Waals surface area contributed by atoms with Crippen LogP contribution in [0.3, 0.4) is 0 Å². The van der Waals surface area contributed by atoms with Crippen LogP contribution in [0.15, 0.2) is 12.1 Å². The molecule has 1 aromatic heterocycles. The van der Waals surface area contributed by atoms with Gasteiger partial charge < -0.3 is 18.5 Å². The van der Waals surface area contributed by atoms with Crippen LogP contribution >= 0.6 is 11.3 Å². The molecule has 0 atom stereocenters. The van der Waals surface area contributed by atoms with E-state index >= 15 is 4.79 Å². The molecule has 9 heteroatoms. The van der Waals surface area contributed by atoms with Gasteiger partial charge in [0.1, 0.15) is 4.88 Å². The van der Waals surface area contributed by atoms with E-state index in [1.54, 1.807) is 0 Å². The second kappa shape index (κ2) is 18.6. The predicted molar refractivity (Wildman–Crippen MR) is 228 cm³/mol. The lowest BCUT2D eigenvalue weighted by Gasteiger charge is -2.46. The van der Waals surface area contributed by atoms with Crippen LogP contribution < -0.4 is 4.90 Å². The first-order valence-corrected chi connectivity index (χ1v) is 25.8. The van der Waals surface area contributed by atoms with Crippen LogP contribution in [-0.2, 0) is 18.4 Å². The molecular formula is C43H77NO5SSi2. The van der Waals surface area contributed by atoms with E-state index in [0.717, 1.165) is 49.8 Å². The lowest BCUT2D eigenvalue weighted by Crippen LogP contribution is -2.56. The highest BCUT2D eigenvalue weighted by molar-refractivity contribution is 7.15. The van der Waals surface area contributed by atoms with Crippen molar-refractivity contribution in [1.82, 2.24) is 0 Å². The Morgan fingerprint density at radius 3 is 1.65 bits per heavy atom. The number of carbonyl (C=O) groups excluding carboxylic acids is 2. The average molecular weight is 776 g/mol. The van der Waals surface area contributed by atoms with Gasteiger partial charge in [-0.05, 0) is 101 Å². The van der Waals surface area contributed by atoms with Crippen molar-refractivity contribution in [2.75, 3.05) is 25.2 Å². The van der Waals surface area contributed by atoms with Gasteiger partial charge in [0.2, 0.25) is 5.91 Å². The molecule has 1 heterocycles. The fourth-order valence-electron chi connectivity index (χ4n) is 10.1. The van der Waals surface area contributed by atoms with Crippen LogP contribution in [0.4, 0.5) is 5.69 Å². The molecule has 1 aromatic rings. The van der Waals surface area contributed by atoms with Crippen molar-refractivity contribution in [2.45, 2.75) is 188 Å². The highest BCUT2D eigenvalue weighted by atomic mass is 32.1. The van der Waals surface area contributed by atoms with E-state index in [0.29, 0.717) is 62.9 Å². The number of esters is 1. The summed E-state index contributed by atoms with van der Waals surface area (Å²) in [4.78, 5) is 32.6. The number of thiophene rings is 1. The van der Waals surface area contributed by atoms with E-state index in [4.69, 9.17) is 13.6 Å². The van der Waals surface area contributed by atoms with E-state index in [1.807, 2.05) is 4.90 Å². The Labute approximate surface area is 325 Å². The summed E-state index contributed by atoms with van der Waals surface area (Å²) in [6, 6.07) is 1.75. The molecule has 1 amide bonds. The van der Waals surface area contributed by atoms with Gasteiger partial charge in [-0.15, -0.1) is 11.3 Å². The van der Waals surface area contributed by atoms with Crippen molar-refractivity contribution < 1.29 is 23.2 Å². The third-order valence-electron chi connectivity index (χ3n) is 13.1. The number of allylic oxidation sites excluding steroid dienone is 2. The lowest BCUT2D eigenvalue weighted by molar-refractivity contribution is -0.124. The highest BCUT2D eigenvalue weighted by Gasteiger charge is 2.49. The Kier molecular flexibility index (Phi) is 16.1. The van der Waals surface area contributed by atoms with Crippen LogP contribution in [-0.4, -0.2) is 54.9 Å². The highest BCUT2D eigenvalue weighted by Crippen LogP contribution is 2.47. The average Bonchev–Trinajstić information content (AvgIpc) is 3.48. The third-order valence-corrected chi connectivity index (χ3v) is 26.4. The number of methoxy groups -OCH3 is 1. The topological polar surface area (TPSA) is 65.1 Å². The Hall–Kier alpha value is -1.27. The zero-order valence-corrected chi connectivity index (χ0v) is 38.9. The molecular weight excluding hydrogens is 699 g/mol. The van der Waals surface area contributed by atoms with Gasteiger partial charge in [0, 0.05) is 10.8 Å². The molecule has 0 aliphatic heterocycles. The maximum Gasteiger partial charge on any atom is 0.350 e. The first-order valence-electron chi connectivity index (χ1n) is 20.7. The van der Waals surface area contributed by atoms with Gasteiger partial charge >= 0.3 is 5.97 Å². The van der Waals surface area contributed by atoms with Gasteiger partial charge in [0.25, 0.3) is 0 Å². The second-order valence-electron chi connectivity index (χ2n) is 19.0. The van der Waals surface area contributed by atoms with Crippen molar-refractivity contribution in [3.8, 4) is 0 Å². The van der Waals surface area contributed by atoms with Crippen LogP contribution in [0.5, 0.6) is 0 Å². The molecule has 0 aromatic carbocycles. The van der Waals surface area contributed by atoms with Gasteiger partial charge in [-0.1, -0.05) is 110 Å². The van der Waals surface area contributed by atoms with Crippen molar-refractivity contribution in [2.24, 2.45) is 17.3 Å². The fourth-order valence-corrected chi connectivity index (χ4v) is 22.2. The summed E-state index contributed by atoms with van der Waals surface area (Å²) in [5, 5.41) is 0. The second-order valence-corrected chi connectivity index (χ2v) is 31.0. The maximum atomic E-state index is 15.3. The van der Waals surface area contributed by atoms with E-state index in [-0.39, 0.29) is 29.3 Å². The fraction of sp³-hybridized carbons (Fsp3) is 0.814. The Morgan fingerprint density at radius 2 is 1.27 bits per heavy atom. The summed E-state index contributed by atoms with van der Waals surface area (Å²) in [6.07, 6.45) is 9.19. The molecule has 0 spiro atoms. The number of rotatable bonds is 17. The van der Waals surface area contributed by atoms with Gasteiger partial charge in [0.15, 0.2) is 16.6 Å². The normalized spacial score (nSPS) is 20.2. The standard InChI is InChI=1S/C43H77NO5SSi2/c1-28(2)51(29(3)4,30(5)6)48-26-37(27-49-52(31(7)8,32(9)10)33(11)12)44(41(45)36-19-17-34(13)18-20-36)38-25-39(50-40(38)42(46)47-16)35-21-23-43(14,15)24-22-35/h21,25,28-34,36-37H,17-20,22-24,26-27H2,1-16H3/t34-,36-. The minimum Gasteiger partial charge on any atom is -0.465 e. The van der Waals surface area contributed by atoms with Gasteiger partial charge in [-0.3, -0.25) is 4.79 Å². The number of carbonyl (C=O) groups is 2. The number of hydrogen-bond acceptors (Lipinski definition) is 6. The number of ether oxygens (including phenoxy) is 1. The van der Waals surface area contributed by atoms with Crippen molar-refractivity contribution in [3.05, 3.63) is 21.9 Å². The molecule has 2 aliphatic carbocycles. The zero-order chi connectivity index (χ0) is 39.3. The number of nitrogens with zero attached hydrogens (tertiary/aromatic N) is 1. The molecule has 0 unspecified atom stereocenters. The van der Waals surface area contributed by atoms with E-state index < -0.39 is 16.6 Å². The molecule has 1 saturated carbocycles. The van der Waals surface area contributed by atoms with Crippen LogP contribution in [0, 0.1) is 17.3 Å². The van der Waals surface area contributed by atoms with Crippen molar-refractivity contribution >= 4 is 51.1 Å². The lowest BCUT2D eigenvalue weighted by atomic mass is 9.78. The molecule has 2 aliphatic rings. The van der Waals surface area contributed by atoms with Crippen LogP contribution in [0.1, 0.15) is 163 Å². The van der Waals surface area contributed by atoms with Crippen molar-refractivity contribution in [1.29, 1.82) is 0 Å². The Bertz CT molecular complexity index is 1280. The monoisotopic (exact) mass is 776 g/mol. The third kappa shape index (κ3) is 9.75. The summed E-state index contributed by atoms with van der Waals surface area (Å²) in [5.74, 6) is 0.232. The molecule has 3 rings (SSSR count). The Balaban J connectivity index is 2.31. The zero-order valence-electron chi connectivity index (χ0n) is 36.1. The van der Waals surface area contributed by atoms with Gasteiger partial charge in [0.05, 0.1) is 32.1 Å². The molecule has 0 radical (unpaired) electrons. The summed E-state index contributed by atoms with van der Waals surface area (Å²) < 4.78 is 20.3. The minimum atomic E-state index is -2.32. The molecule has 6 nitrogen and oxygen atoms in total. The number of hydrogen-bond donors (Lipinski definition) is 0. The first-order chi connectivity index (χ1) is 24.2. The molecule has 1 fully saturated rings. The molecule has 52 heavy (non-hydrogen) atoms. The smallest absolute Gasteiger partial charge is 0.350 e. The first kappa shape index (κ1) is 45.1. The molecule has 0 N–H and O–H groups in total. The van der Waals surface area contributed by atoms with E-state index in [1.165, 1.54) is 24.0 Å². The summed E-state index contributed by atoms with van der Waals surface area (Å²) in [5.41, 5.74) is 4.58. The number of anilines is 1. The molecule has 298 valence electrons. The van der Waals surface area contributed by atoms with E-state index in [2.05, 4.69) is 116 Å². The van der Waals surface area contributed by atoms with Gasteiger partial charge in [-0.2, -0.15) is 0 Å². The molecule has 0 saturated heterocycles. The Morgan fingerprint density at radius 1 is 0.808 bits per heavy atom. The summed E-state index contributed by atoms with van der Waals surface area (Å²) in [7, 11) is -3.19. The van der Waals surface area contributed by atoms with Crippen LogP contribution in [0.25, 0.3) is 5.57 Å². The van der Waals surface area contributed by atoms with Crippen molar-refractivity contribution in [3.63, 3.8) is 0 Å². The predicted octanol–water partition coefficient (Wildman–Crippen LogP) is 13.0. The maximum absolute atomic E-state index is 15.3. The largest absolute Gasteiger partial charge is 0.465 e. The summed E-state index contributed by atoms with van der Waals surface area (Å²) >= 11 is 1.48. The molecule has 0 bridgehead atoms. The van der Waals surface area contributed by atoms with Crippen LogP contribution in [0.2, 0.25) is 33.2 Å². The van der Waals surface area contributed by atoms with Gasteiger partial charge in [-0.25, -0.2) is 4.79 Å². The quantitative estimate of drug-likeness (QED) is 0.116.